The molecule has 0 aliphatic carbocycles. The monoisotopic (exact) mass is 1350 g/mol. The van der Waals surface area contributed by atoms with E-state index < -0.39 is 97.5 Å². The third-order valence-corrected chi connectivity index (χ3v) is 18.7. The molecule has 3 N–H and O–H groups in total. The second-order valence-electron chi connectivity index (χ2n) is 28.2. The smallest absolute Gasteiger partial charge is 0.462 e. The fourth-order valence-electron chi connectivity index (χ4n) is 11.0. The van der Waals surface area contributed by atoms with E-state index in [1.165, 1.54) is 161 Å². The van der Waals surface area contributed by atoms with Crippen molar-refractivity contribution in [3.8, 4) is 0 Å². The first-order chi connectivity index (χ1) is 44.1. The highest BCUT2D eigenvalue weighted by Crippen LogP contribution is 2.45. The van der Waals surface area contributed by atoms with Crippen LogP contribution < -0.4 is 0 Å². The molecule has 92 heavy (non-hydrogen) atoms. The summed E-state index contributed by atoms with van der Waals surface area (Å²) in [5.74, 6) is 0.847. The lowest BCUT2D eigenvalue weighted by atomic mass is 10.0. The second-order valence-corrected chi connectivity index (χ2v) is 31.1. The van der Waals surface area contributed by atoms with Gasteiger partial charge >= 0.3 is 39.5 Å². The van der Waals surface area contributed by atoms with E-state index in [2.05, 4.69) is 55.4 Å². The van der Waals surface area contributed by atoms with Crippen molar-refractivity contribution in [2.24, 2.45) is 23.7 Å². The number of unbranched alkanes of at least 4 members (excludes halogenated alkanes) is 36. The number of hydrogen-bond acceptors (Lipinski definition) is 15. The van der Waals surface area contributed by atoms with Crippen LogP contribution in [-0.2, 0) is 65.4 Å². The number of aliphatic hydroxyl groups excluding tert-OH is 1. The molecule has 0 aromatic carbocycles. The van der Waals surface area contributed by atoms with Crippen molar-refractivity contribution >= 4 is 39.5 Å². The van der Waals surface area contributed by atoms with Crippen LogP contribution in [0, 0.1) is 23.7 Å². The van der Waals surface area contributed by atoms with Gasteiger partial charge in [-0.1, -0.05) is 312 Å². The second kappa shape index (κ2) is 62.6. The summed E-state index contributed by atoms with van der Waals surface area (Å²) >= 11 is 0. The van der Waals surface area contributed by atoms with Gasteiger partial charge in [0.15, 0.2) is 12.2 Å². The molecular formula is C73H142O17P2. The zero-order valence-corrected chi connectivity index (χ0v) is 62.0. The molecule has 0 spiro atoms. The Morgan fingerprint density at radius 2 is 0.457 bits per heavy atom. The highest BCUT2D eigenvalue weighted by Gasteiger charge is 2.30. The van der Waals surface area contributed by atoms with E-state index in [0.29, 0.717) is 31.6 Å². The summed E-state index contributed by atoms with van der Waals surface area (Å²) in [5.41, 5.74) is 0. The minimum atomic E-state index is -4.96. The molecule has 0 aromatic rings. The molecule has 0 saturated heterocycles. The summed E-state index contributed by atoms with van der Waals surface area (Å²) in [6.07, 6.45) is 46.0. The number of ether oxygens (including phenoxy) is 4. The van der Waals surface area contributed by atoms with Gasteiger partial charge in [0.25, 0.3) is 0 Å². The van der Waals surface area contributed by atoms with Crippen LogP contribution in [-0.4, -0.2) is 96.7 Å². The Morgan fingerprint density at radius 3 is 0.674 bits per heavy atom. The van der Waals surface area contributed by atoms with E-state index in [9.17, 15) is 43.2 Å². The number of carbonyl (C=O) groups excluding carboxylic acids is 4. The normalized spacial score (nSPS) is 14.2. The van der Waals surface area contributed by atoms with Crippen LogP contribution in [0.2, 0.25) is 0 Å². The van der Waals surface area contributed by atoms with Gasteiger partial charge in [0.2, 0.25) is 0 Å². The number of phosphoric ester groups is 2. The lowest BCUT2D eigenvalue weighted by Gasteiger charge is -2.21. The summed E-state index contributed by atoms with van der Waals surface area (Å²) < 4.78 is 68.4. The fourth-order valence-corrected chi connectivity index (χ4v) is 12.6. The molecule has 0 heterocycles. The van der Waals surface area contributed by atoms with E-state index in [1.807, 2.05) is 0 Å². The van der Waals surface area contributed by atoms with Crippen LogP contribution in [0.5, 0.6) is 0 Å². The molecule has 0 amide bonds. The molecular weight excluding hydrogens is 1210 g/mol. The largest absolute Gasteiger partial charge is 0.472 e. The number of aliphatic hydroxyl groups is 1. The number of rotatable bonds is 70. The van der Waals surface area contributed by atoms with Gasteiger partial charge in [-0.3, -0.25) is 37.3 Å². The van der Waals surface area contributed by atoms with Crippen molar-refractivity contribution < 1.29 is 80.2 Å². The molecule has 0 aromatic heterocycles. The van der Waals surface area contributed by atoms with Gasteiger partial charge in [-0.2, -0.15) is 0 Å². The van der Waals surface area contributed by atoms with Gasteiger partial charge in [0.1, 0.15) is 19.3 Å². The van der Waals surface area contributed by atoms with Gasteiger partial charge in [-0.05, 0) is 49.4 Å². The fraction of sp³-hybridized carbons (Fsp3) is 0.945. The predicted molar refractivity (Wildman–Crippen MR) is 372 cm³/mol. The molecule has 0 bridgehead atoms. The highest BCUT2D eigenvalue weighted by molar-refractivity contribution is 7.47. The number of hydrogen-bond donors (Lipinski definition) is 3. The summed E-state index contributed by atoms with van der Waals surface area (Å²) in [4.78, 5) is 72.6. The van der Waals surface area contributed by atoms with Crippen molar-refractivity contribution in [3.63, 3.8) is 0 Å². The summed E-state index contributed by atoms with van der Waals surface area (Å²) in [5, 5.41) is 10.6. The highest BCUT2D eigenvalue weighted by atomic mass is 31.2. The SMILES string of the molecule is CC(C)CCCCCCCCCCCCCCCCC(=O)O[C@H](COC(=O)CCCCCCCCCCCCCCC(C)C)COP(=O)(O)OC[C@@H](O)COP(=O)(O)OC[C@@H](COC(=O)CCCCCCCCC(C)C)OC(=O)CCCCCCCCCCC(C)C. The molecule has 0 aliphatic heterocycles. The molecule has 0 radical (unpaired) electrons. The number of phosphoric acid groups is 2. The Kier molecular flexibility index (Phi) is 61.3. The first-order valence-electron chi connectivity index (χ1n) is 37.7. The van der Waals surface area contributed by atoms with Gasteiger partial charge in [-0.15, -0.1) is 0 Å². The lowest BCUT2D eigenvalue weighted by Crippen LogP contribution is -2.30. The van der Waals surface area contributed by atoms with Crippen LogP contribution in [0.1, 0.15) is 364 Å². The average Bonchev–Trinajstić information content (AvgIpc) is 2.88. The first-order valence-corrected chi connectivity index (χ1v) is 40.7. The number of esters is 4. The van der Waals surface area contributed by atoms with Crippen molar-refractivity contribution in [2.45, 2.75) is 382 Å². The third-order valence-electron chi connectivity index (χ3n) is 16.8. The van der Waals surface area contributed by atoms with Gasteiger partial charge in [0.05, 0.1) is 26.4 Å². The molecule has 0 saturated carbocycles. The van der Waals surface area contributed by atoms with Crippen LogP contribution >= 0.6 is 15.6 Å². The molecule has 0 aliphatic rings. The Morgan fingerprint density at radius 1 is 0.272 bits per heavy atom. The summed E-state index contributed by atoms with van der Waals surface area (Å²) in [6.45, 7) is 14.1. The topological polar surface area (TPSA) is 237 Å². The van der Waals surface area contributed by atoms with Gasteiger partial charge < -0.3 is 33.8 Å². The van der Waals surface area contributed by atoms with Crippen molar-refractivity contribution in [3.05, 3.63) is 0 Å². The summed E-state index contributed by atoms with van der Waals surface area (Å²) in [7, 11) is -9.91. The minimum absolute atomic E-state index is 0.103. The van der Waals surface area contributed by atoms with Gasteiger partial charge in [-0.25, -0.2) is 9.13 Å². The van der Waals surface area contributed by atoms with E-state index in [-0.39, 0.29) is 25.7 Å². The van der Waals surface area contributed by atoms with Crippen LogP contribution in [0.15, 0.2) is 0 Å². The Balaban J connectivity index is 5.24. The molecule has 546 valence electrons. The summed E-state index contributed by atoms with van der Waals surface area (Å²) in [6, 6.07) is 0. The number of carbonyl (C=O) groups is 4. The Hall–Kier alpha value is -1.94. The maximum Gasteiger partial charge on any atom is 0.472 e. The standard InChI is InChI=1S/C73H142O17P2/c1-63(2)49-41-33-25-19-15-11-9-10-12-18-22-29-39-47-55-72(77)89-68(59-83-70(75)53-45-37-28-21-17-14-13-16-20-26-34-42-50-64(3)4)61-87-91(79,80)85-57-67(74)58-86-92(81,82)88-62-69(60-84-71(76)54-46-38-32-31-36-44-52-66(7)8)90-73(78)56-48-40-30-24-23-27-35-43-51-65(5)6/h63-69,74H,9-62H2,1-8H3,(H,79,80)(H,81,82)/t67-,68-,69-/m1/s1. The molecule has 0 rings (SSSR count). The Labute approximate surface area is 562 Å². The van der Waals surface area contributed by atoms with Gasteiger partial charge in [0, 0.05) is 25.7 Å². The molecule has 2 unspecified atom stereocenters. The van der Waals surface area contributed by atoms with E-state index in [1.54, 1.807) is 0 Å². The average molecular weight is 1350 g/mol. The van der Waals surface area contributed by atoms with Crippen molar-refractivity contribution in [1.29, 1.82) is 0 Å². The maximum absolute atomic E-state index is 13.1. The third kappa shape index (κ3) is 66.7. The molecule has 19 heteroatoms. The zero-order valence-electron chi connectivity index (χ0n) is 60.2. The molecule has 17 nitrogen and oxygen atoms in total. The Bertz CT molecular complexity index is 1820. The molecule has 0 fully saturated rings. The maximum atomic E-state index is 13.1. The zero-order chi connectivity index (χ0) is 68.2. The van der Waals surface area contributed by atoms with E-state index >= 15 is 0 Å². The molecule has 5 atom stereocenters. The van der Waals surface area contributed by atoms with E-state index in [4.69, 9.17) is 37.0 Å². The van der Waals surface area contributed by atoms with Crippen molar-refractivity contribution in [2.75, 3.05) is 39.6 Å². The lowest BCUT2D eigenvalue weighted by molar-refractivity contribution is -0.161. The van der Waals surface area contributed by atoms with Crippen LogP contribution in [0.25, 0.3) is 0 Å². The van der Waals surface area contributed by atoms with Crippen LogP contribution in [0.4, 0.5) is 0 Å². The van der Waals surface area contributed by atoms with E-state index in [0.717, 1.165) is 114 Å². The first kappa shape index (κ1) is 90.1. The minimum Gasteiger partial charge on any atom is -0.462 e. The van der Waals surface area contributed by atoms with Crippen molar-refractivity contribution in [1.82, 2.24) is 0 Å². The predicted octanol–water partition coefficient (Wildman–Crippen LogP) is 20.9. The quantitative estimate of drug-likeness (QED) is 0.0222. The van der Waals surface area contributed by atoms with Crippen LogP contribution in [0.3, 0.4) is 0 Å².